The Morgan fingerprint density at radius 3 is 3.12 bits per heavy atom. The van der Waals surface area contributed by atoms with Crippen molar-refractivity contribution in [2.45, 2.75) is 19.4 Å². The smallest absolute Gasteiger partial charge is 0.220 e. The number of hydrogen-bond donors (Lipinski definition) is 1. The predicted octanol–water partition coefficient (Wildman–Crippen LogP) is 2.09. The van der Waals surface area contributed by atoms with E-state index in [4.69, 9.17) is 9.15 Å². The molecule has 1 N–H and O–H groups in total. The highest BCUT2D eigenvalue weighted by atomic mass is 79.9. The lowest BCUT2D eigenvalue weighted by molar-refractivity contribution is -0.120. The molecule has 1 rings (SSSR count). The molecule has 0 radical (unpaired) electrons. The molecular formula is C11H16BrNO3. The number of rotatable bonds is 8. The van der Waals surface area contributed by atoms with E-state index in [0.29, 0.717) is 31.5 Å². The quantitative estimate of drug-likeness (QED) is 0.589. The minimum atomic E-state index is 0.0721. The average molecular weight is 290 g/mol. The molecule has 0 saturated carbocycles. The molecule has 1 amide bonds. The van der Waals surface area contributed by atoms with Crippen LogP contribution in [0.15, 0.2) is 22.8 Å². The van der Waals surface area contributed by atoms with Crippen molar-refractivity contribution in [2.75, 3.05) is 18.5 Å². The van der Waals surface area contributed by atoms with Gasteiger partial charge in [0.25, 0.3) is 0 Å². The molecule has 16 heavy (non-hydrogen) atoms. The van der Waals surface area contributed by atoms with Crippen LogP contribution in [0.2, 0.25) is 0 Å². The lowest BCUT2D eigenvalue weighted by Crippen LogP contribution is -2.25. The Morgan fingerprint density at radius 2 is 2.44 bits per heavy atom. The van der Waals surface area contributed by atoms with E-state index in [1.807, 2.05) is 12.1 Å². The maximum absolute atomic E-state index is 11.1. The number of nitrogens with one attached hydrogen (secondary N) is 1. The molecule has 0 fully saturated rings. The first-order chi connectivity index (χ1) is 7.83. The molecule has 0 aromatic carbocycles. The number of hydrogen-bond acceptors (Lipinski definition) is 3. The molecule has 0 spiro atoms. The summed E-state index contributed by atoms with van der Waals surface area (Å²) in [5, 5.41) is 3.51. The van der Waals surface area contributed by atoms with Gasteiger partial charge in [-0.15, -0.1) is 0 Å². The van der Waals surface area contributed by atoms with Crippen molar-refractivity contribution in [1.82, 2.24) is 5.32 Å². The number of carbonyl (C=O) groups excluding carboxylic acids is 1. The van der Waals surface area contributed by atoms with Gasteiger partial charge in [-0.3, -0.25) is 4.79 Å². The minimum Gasteiger partial charge on any atom is -0.467 e. The fourth-order valence-corrected chi connectivity index (χ4v) is 1.50. The zero-order valence-corrected chi connectivity index (χ0v) is 10.7. The predicted molar refractivity (Wildman–Crippen MR) is 64.4 cm³/mol. The average Bonchev–Trinajstić information content (AvgIpc) is 2.76. The largest absolute Gasteiger partial charge is 0.467 e. The van der Waals surface area contributed by atoms with E-state index in [9.17, 15) is 4.79 Å². The van der Waals surface area contributed by atoms with Gasteiger partial charge in [0.05, 0.1) is 6.26 Å². The van der Waals surface area contributed by atoms with Gasteiger partial charge in [0, 0.05) is 24.9 Å². The molecule has 4 nitrogen and oxygen atoms in total. The van der Waals surface area contributed by atoms with Gasteiger partial charge in [-0.2, -0.15) is 0 Å². The Kier molecular flexibility index (Phi) is 6.92. The molecule has 5 heteroatoms. The number of amides is 1. The summed E-state index contributed by atoms with van der Waals surface area (Å²) in [5.41, 5.74) is 0. The zero-order chi connectivity index (χ0) is 11.6. The monoisotopic (exact) mass is 289 g/mol. The molecule has 0 aliphatic carbocycles. The third-order valence-corrected chi connectivity index (χ3v) is 2.33. The van der Waals surface area contributed by atoms with Gasteiger partial charge in [0.1, 0.15) is 12.4 Å². The summed E-state index contributed by atoms with van der Waals surface area (Å²) in [6.45, 7) is 1.77. The molecule has 0 aliphatic rings. The molecular weight excluding hydrogens is 274 g/mol. The van der Waals surface area contributed by atoms with Gasteiger partial charge >= 0.3 is 0 Å². The van der Waals surface area contributed by atoms with E-state index >= 15 is 0 Å². The van der Waals surface area contributed by atoms with Crippen molar-refractivity contribution in [1.29, 1.82) is 0 Å². The van der Waals surface area contributed by atoms with E-state index in [1.54, 1.807) is 6.26 Å². The maximum atomic E-state index is 11.1. The third-order valence-electron chi connectivity index (χ3n) is 1.93. The van der Waals surface area contributed by atoms with Gasteiger partial charge in [-0.05, 0) is 18.6 Å². The molecule has 1 heterocycles. The maximum Gasteiger partial charge on any atom is 0.220 e. The Bertz CT molecular complexity index is 287. The first-order valence-corrected chi connectivity index (χ1v) is 6.38. The van der Waals surface area contributed by atoms with Crippen molar-refractivity contribution in [3.05, 3.63) is 24.2 Å². The van der Waals surface area contributed by atoms with Crippen molar-refractivity contribution >= 4 is 21.8 Å². The van der Waals surface area contributed by atoms with Crippen molar-refractivity contribution in [3.63, 3.8) is 0 Å². The molecule has 0 atom stereocenters. The van der Waals surface area contributed by atoms with Crippen LogP contribution < -0.4 is 5.32 Å². The van der Waals surface area contributed by atoms with Gasteiger partial charge in [0.2, 0.25) is 5.91 Å². The highest BCUT2D eigenvalue weighted by Gasteiger charge is 1.98. The van der Waals surface area contributed by atoms with Crippen LogP contribution in [0.1, 0.15) is 18.6 Å². The Labute approximate surface area is 103 Å². The fraction of sp³-hybridized carbons (Fsp3) is 0.545. The van der Waals surface area contributed by atoms with Crippen molar-refractivity contribution < 1.29 is 13.9 Å². The number of carbonyl (C=O) groups is 1. The van der Waals surface area contributed by atoms with Crippen LogP contribution in [-0.4, -0.2) is 24.4 Å². The van der Waals surface area contributed by atoms with Crippen LogP contribution >= 0.6 is 15.9 Å². The van der Waals surface area contributed by atoms with Gasteiger partial charge in [0.15, 0.2) is 0 Å². The molecule has 0 bridgehead atoms. The topological polar surface area (TPSA) is 51.5 Å². The first kappa shape index (κ1) is 13.3. The number of halogens is 1. The van der Waals surface area contributed by atoms with E-state index in [0.717, 1.165) is 12.2 Å². The first-order valence-electron chi connectivity index (χ1n) is 5.25. The Balaban J connectivity index is 1.90. The van der Waals surface area contributed by atoms with Crippen LogP contribution in [-0.2, 0) is 16.1 Å². The van der Waals surface area contributed by atoms with Crippen LogP contribution in [0.5, 0.6) is 0 Å². The third kappa shape index (κ3) is 5.92. The van der Waals surface area contributed by atoms with Crippen molar-refractivity contribution in [3.8, 4) is 0 Å². The molecule has 1 aromatic heterocycles. The van der Waals surface area contributed by atoms with E-state index in [1.165, 1.54) is 0 Å². The highest BCUT2D eigenvalue weighted by molar-refractivity contribution is 9.09. The second-order valence-electron chi connectivity index (χ2n) is 3.27. The summed E-state index contributed by atoms with van der Waals surface area (Å²) >= 11 is 3.21. The van der Waals surface area contributed by atoms with Gasteiger partial charge < -0.3 is 14.5 Å². The van der Waals surface area contributed by atoms with Crippen LogP contribution in [0.4, 0.5) is 0 Å². The van der Waals surface area contributed by atoms with Crippen LogP contribution in [0.25, 0.3) is 0 Å². The number of alkyl halides is 1. The van der Waals surface area contributed by atoms with Crippen molar-refractivity contribution in [2.24, 2.45) is 0 Å². The molecule has 0 saturated heterocycles. The van der Waals surface area contributed by atoms with Crippen LogP contribution in [0, 0.1) is 0 Å². The summed E-state index contributed by atoms with van der Waals surface area (Å²) in [4.78, 5) is 11.1. The second kappa shape index (κ2) is 8.35. The summed E-state index contributed by atoms with van der Waals surface area (Å²) in [5.74, 6) is 0.895. The normalized spacial score (nSPS) is 10.3. The zero-order valence-electron chi connectivity index (χ0n) is 9.08. The summed E-state index contributed by atoms with van der Waals surface area (Å²) in [6, 6.07) is 3.71. The minimum absolute atomic E-state index is 0.0721. The molecule has 0 unspecified atom stereocenters. The summed E-state index contributed by atoms with van der Waals surface area (Å²) in [6.07, 6.45) is 2.96. The summed E-state index contributed by atoms with van der Waals surface area (Å²) < 4.78 is 10.5. The lowest BCUT2D eigenvalue weighted by Gasteiger charge is -2.04. The summed E-state index contributed by atoms with van der Waals surface area (Å²) in [7, 11) is 0. The second-order valence-corrected chi connectivity index (χ2v) is 4.07. The van der Waals surface area contributed by atoms with E-state index in [2.05, 4.69) is 21.2 Å². The molecule has 1 aromatic rings. The molecule has 90 valence electrons. The lowest BCUT2D eigenvalue weighted by atomic mass is 10.4. The van der Waals surface area contributed by atoms with E-state index < -0.39 is 0 Å². The van der Waals surface area contributed by atoms with Gasteiger partial charge in [-0.1, -0.05) is 15.9 Å². The Morgan fingerprint density at radius 1 is 1.56 bits per heavy atom. The molecule has 0 aliphatic heterocycles. The van der Waals surface area contributed by atoms with E-state index in [-0.39, 0.29) is 5.91 Å². The van der Waals surface area contributed by atoms with Gasteiger partial charge in [-0.25, -0.2) is 0 Å². The number of ether oxygens (including phenoxy) is 1. The van der Waals surface area contributed by atoms with Crippen LogP contribution in [0.3, 0.4) is 0 Å². The SMILES string of the molecule is O=C(CCBr)NCCCOCc1ccco1. The standard InChI is InChI=1S/C11H16BrNO3/c12-5-4-11(14)13-6-2-7-15-9-10-3-1-8-16-10/h1,3,8H,2,4-7,9H2,(H,13,14). The Hall–Kier alpha value is -0.810. The number of furan rings is 1. The fourth-order valence-electron chi connectivity index (χ4n) is 1.14. The highest BCUT2D eigenvalue weighted by Crippen LogP contribution is 2.01.